The van der Waals surface area contributed by atoms with Crippen molar-refractivity contribution in [3.8, 4) is 0 Å². The van der Waals surface area contributed by atoms with Crippen LogP contribution in [0.1, 0.15) is 39.2 Å². The number of amides is 1. The van der Waals surface area contributed by atoms with E-state index in [9.17, 15) is 9.59 Å². The maximum Gasteiger partial charge on any atom is 0.408 e. The monoisotopic (exact) mass is 335 g/mol. The number of ether oxygens (including phenoxy) is 3. The van der Waals surface area contributed by atoms with Crippen molar-refractivity contribution in [3.05, 3.63) is 35.9 Å². The molecule has 1 aromatic rings. The Hall–Kier alpha value is -2.08. The Kier molecular flexibility index (Phi) is 6.20. The molecule has 132 valence electrons. The number of alkyl carbamates (subject to hydrolysis) is 1. The fraction of sp³-hybridized carbons (Fsp3) is 0.556. The van der Waals surface area contributed by atoms with Gasteiger partial charge in [0.25, 0.3) is 0 Å². The van der Waals surface area contributed by atoms with Crippen molar-refractivity contribution in [2.45, 2.75) is 58.0 Å². The Morgan fingerprint density at radius 3 is 2.46 bits per heavy atom. The molecule has 0 unspecified atom stereocenters. The predicted octanol–water partition coefficient (Wildman–Crippen LogP) is 2.80. The topological polar surface area (TPSA) is 73.9 Å². The highest BCUT2D eigenvalue weighted by atomic mass is 16.6. The van der Waals surface area contributed by atoms with Gasteiger partial charge in [0.05, 0.1) is 13.2 Å². The molecule has 0 saturated heterocycles. The second-order valence-corrected chi connectivity index (χ2v) is 6.84. The van der Waals surface area contributed by atoms with Crippen LogP contribution in [0.15, 0.2) is 30.3 Å². The van der Waals surface area contributed by atoms with E-state index in [0.717, 1.165) is 18.4 Å². The van der Waals surface area contributed by atoms with E-state index in [4.69, 9.17) is 14.2 Å². The van der Waals surface area contributed by atoms with Gasteiger partial charge in [0.1, 0.15) is 11.7 Å². The normalized spacial score (nSPS) is 15.5. The van der Waals surface area contributed by atoms with Crippen LogP contribution in [0, 0.1) is 0 Å². The fourth-order valence-corrected chi connectivity index (χ4v) is 1.92. The van der Waals surface area contributed by atoms with Crippen LogP contribution in [0.5, 0.6) is 0 Å². The number of rotatable bonds is 7. The van der Waals surface area contributed by atoms with Crippen LogP contribution >= 0.6 is 0 Å². The van der Waals surface area contributed by atoms with Gasteiger partial charge in [0.2, 0.25) is 0 Å². The van der Waals surface area contributed by atoms with Crippen molar-refractivity contribution in [1.29, 1.82) is 0 Å². The van der Waals surface area contributed by atoms with Gasteiger partial charge in [-0.25, -0.2) is 9.59 Å². The summed E-state index contributed by atoms with van der Waals surface area (Å²) in [5, 5.41) is 2.53. The smallest absolute Gasteiger partial charge is 0.408 e. The molecule has 6 nitrogen and oxygen atoms in total. The molecule has 1 saturated carbocycles. The summed E-state index contributed by atoms with van der Waals surface area (Å²) in [4.78, 5) is 24.1. The highest BCUT2D eigenvalue weighted by Crippen LogP contribution is 2.24. The SMILES string of the molecule is CC(C)(C)OC(=O)N[C@@H](COCc1ccccc1)C(=O)OC1CC1. The van der Waals surface area contributed by atoms with Gasteiger partial charge in [-0.15, -0.1) is 0 Å². The first-order valence-electron chi connectivity index (χ1n) is 8.15. The van der Waals surface area contributed by atoms with Crippen molar-refractivity contribution < 1.29 is 23.8 Å². The van der Waals surface area contributed by atoms with Crippen molar-refractivity contribution in [3.63, 3.8) is 0 Å². The lowest BCUT2D eigenvalue weighted by Gasteiger charge is -2.23. The molecule has 0 heterocycles. The molecule has 1 aliphatic carbocycles. The number of nitrogens with one attached hydrogen (secondary N) is 1. The first-order chi connectivity index (χ1) is 11.3. The highest BCUT2D eigenvalue weighted by molar-refractivity contribution is 5.81. The summed E-state index contributed by atoms with van der Waals surface area (Å²) >= 11 is 0. The summed E-state index contributed by atoms with van der Waals surface area (Å²) in [5.41, 5.74) is 0.351. The second kappa shape index (κ2) is 8.15. The average molecular weight is 335 g/mol. The van der Waals surface area contributed by atoms with Crippen molar-refractivity contribution in [2.75, 3.05) is 6.61 Å². The fourth-order valence-electron chi connectivity index (χ4n) is 1.92. The van der Waals surface area contributed by atoms with Crippen LogP contribution in [0.3, 0.4) is 0 Å². The van der Waals surface area contributed by atoms with Crippen LogP contribution in [0.25, 0.3) is 0 Å². The van der Waals surface area contributed by atoms with Gasteiger partial charge in [-0.1, -0.05) is 30.3 Å². The summed E-state index contributed by atoms with van der Waals surface area (Å²) < 4.78 is 16.0. The van der Waals surface area contributed by atoms with Crippen molar-refractivity contribution >= 4 is 12.1 Å². The van der Waals surface area contributed by atoms with Crippen LogP contribution < -0.4 is 5.32 Å². The van der Waals surface area contributed by atoms with Gasteiger partial charge in [-0.3, -0.25) is 0 Å². The number of carbonyl (C=O) groups is 2. The van der Waals surface area contributed by atoms with E-state index in [-0.39, 0.29) is 12.7 Å². The van der Waals surface area contributed by atoms with Crippen LogP contribution in [0.2, 0.25) is 0 Å². The lowest BCUT2D eigenvalue weighted by Crippen LogP contribution is -2.47. The molecule has 1 atom stereocenters. The molecule has 1 amide bonds. The minimum Gasteiger partial charge on any atom is -0.461 e. The molecule has 0 aliphatic heterocycles. The van der Waals surface area contributed by atoms with Crippen molar-refractivity contribution in [1.82, 2.24) is 5.32 Å². The Morgan fingerprint density at radius 1 is 1.21 bits per heavy atom. The second-order valence-electron chi connectivity index (χ2n) is 6.84. The quantitative estimate of drug-likeness (QED) is 0.776. The standard InChI is InChI=1S/C18H25NO5/c1-18(2,3)24-17(21)19-15(16(20)23-14-9-10-14)12-22-11-13-7-5-4-6-8-13/h4-8,14-15H,9-12H2,1-3H3,(H,19,21)/t15-/m0/s1. The van der Waals surface area contributed by atoms with Gasteiger partial charge in [-0.2, -0.15) is 0 Å². The third-order valence-electron chi connectivity index (χ3n) is 3.18. The molecule has 1 aliphatic rings. The maximum atomic E-state index is 12.2. The zero-order valence-corrected chi connectivity index (χ0v) is 14.4. The molecular formula is C18H25NO5. The molecular weight excluding hydrogens is 310 g/mol. The molecule has 0 bridgehead atoms. The van der Waals surface area contributed by atoms with Crippen LogP contribution in [-0.4, -0.2) is 36.4 Å². The van der Waals surface area contributed by atoms with Gasteiger partial charge < -0.3 is 19.5 Å². The summed E-state index contributed by atoms with van der Waals surface area (Å²) in [6.45, 7) is 5.66. The van der Waals surface area contributed by atoms with Gasteiger partial charge in [0.15, 0.2) is 6.04 Å². The Balaban J connectivity index is 1.86. The number of esters is 1. The van der Waals surface area contributed by atoms with E-state index in [1.807, 2.05) is 30.3 Å². The van der Waals surface area contributed by atoms with E-state index < -0.39 is 23.7 Å². The Labute approximate surface area is 142 Å². The van der Waals surface area contributed by atoms with E-state index in [0.29, 0.717) is 6.61 Å². The Bertz CT molecular complexity index is 548. The van der Waals surface area contributed by atoms with Gasteiger partial charge in [-0.05, 0) is 39.2 Å². The van der Waals surface area contributed by atoms with E-state index in [1.165, 1.54) is 0 Å². The van der Waals surface area contributed by atoms with Crippen LogP contribution in [0.4, 0.5) is 4.79 Å². The number of carbonyl (C=O) groups excluding carboxylic acids is 2. The molecule has 24 heavy (non-hydrogen) atoms. The molecule has 1 aromatic carbocycles. The molecule has 0 aromatic heterocycles. The summed E-state index contributed by atoms with van der Waals surface area (Å²) in [6, 6.07) is 8.72. The third kappa shape index (κ3) is 7.00. The van der Waals surface area contributed by atoms with Crippen molar-refractivity contribution in [2.24, 2.45) is 0 Å². The van der Waals surface area contributed by atoms with E-state index >= 15 is 0 Å². The zero-order chi connectivity index (χ0) is 17.6. The van der Waals surface area contributed by atoms with E-state index in [1.54, 1.807) is 20.8 Å². The average Bonchev–Trinajstić information content (AvgIpc) is 3.29. The molecule has 0 spiro atoms. The lowest BCUT2D eigenvalue weighted by atomic mass is 10.2. The minimum absolute atomic E-state index is 0.0275. The molecule has 1 fully saturated rings. The predicted molar refractivity (Wildman–Crippen MR) is 88.4 cm³/mol. The number of hydrogen-bond acceptors (Lipinski definition) is 5. The first-order valence-corrected chi connectivity index (χ1v) is 8.15. The Morgan fingerprint density at radius 2 is 1.88 bits per heavy atom. The summed E-state index contributed by atoms with van der Waals surface area (Å²) in [5.74, 6) is -0.489. The maximum absolute atomic E-state index is 12.2. The largest absolute Gasteiger partial charge is 0.461 e. The number of benzene rings is 1. The van der Waals surface area contributed by atoms with E-state index in [2.05, 4.69) is 5.32 Å². The summed E-state index contributed by atoms with van der Waals surface area (Å²) in [7, 11) is 0. The van der Waals surface area contributed by atoms with Gasteiger partial charge in [0, 0.05) is 0 Å². The van der Waals surface area contributed by atoms with Gasteiger partial charge >= 0.3 is 12.1 Å². The third-order valence-corrected chi connectivity index (χ3v) is 3.18. The molecule has 0 radical (unpaired) electrons. The number of hydrogen-bond donors (Lipinski definition) is 1. The summed E-state index contributed by atoms with van der Waals surface area (Å²) in [6.07, 6.45) is 1.05. The molecule has 2 rings (SSSR count). The minimum atomic E-state index is -0.885. The lowest BCUT2D eigenvalue weighted by molar-refractivity contribution is -0.149. The first kappa shape index (κ1) is 18.3. The highest BCUT2D eigenvalue weighted by Gasteiger charge is 2.32. The zero-order valence-electron chi connectivity index (χ0n) is 14.4. The molecule has 6 heteroatoms. The molecule has 1 N–H and O–H groups in total. The van der Waals surface area contributed by atoms with Crippen LogP contribution in [-0.2, 0) is 25.6 Å².